The normalized spacial score (nSPS) is 12.5. The van der Waals surface area contributed by atoms with E-state index in [0.29, 0.717) is 0 Å². The molecule has 0 aliphatic rings. The van der Waals surface area contributed by atoms with E-state index in [4.69, 9.17) is 0 Å². The second-order valence-corrected chi connectivity index (χ2v) is 5.48. The van der Waals surface area contributed by atoms with Crippen LogP contribution in [0.5, 0.6) is 0 Å². The highest BCUT2D eigenvalue weighted by Gasteiger charge is 2.06. The summed E-state index contributed by atoms with van der Waals surface area (Å²) in [6.45, 7) is 2.21. The Kier molecular flexibility index (Phi) is 3.98. The quantitative estimate of drug-likeness (QED) is 0.784. The average Bonchev–Trinajstić information content (AvgIpc) is 2.55. The Balaban J connectivity index is 1.88. The van der Waals surface area contributed by atoms with Gasteiger partial charge in [-0.25, -0.2) is 0 Å². The Hall–Kier alpha value is -2.19. The van der Waals surface area contributed by atoms with Crippen LogP contribution in [0.1, 0.15) is 29.7 Å². The number of hydrogen-bond acceptors (Lipinski definition) is 2. The molecular formula is C19H19NO. The summed E-state index contributed by atoms with van der Waals surface area (Å²) in [4.78, 5) is 4.54. The first-order valence-corrected chi connectivity index (χ1v) is 7.30. The van der Waals surface area contributed by atoms with Crippen LogP contribution in [0.3, 0.4) is 0 Å². The third kappa shape index (κ3) is 2.96. The number of pyridine rings is 1. The van der Waals surface area contributed by atoms with Crippen LogP contribution in [-0.2, 0) is 6.42 Å². The van der Waals surface area contributed by atoms with Gasteiger partial charge in [0.25, 0.3) is 0 Å². The Morgan fingerprint density at radius 2 is 1.76 bits per heavy atom. The predicted molar refractivity (Wildman–Crippen MR) is 86.5 cm³/mol. The summed E-state index contributed by atoms with van der Waals surface area (Å²) in [5.41, 5.74) is 3.52. The Bertz CT molecular complexity index is 729. The molecule has 2 aromatic carbocycles. The van der Waals surface area contributed by atoms with Gasteiger partial charge in [0.15, 0.2) is 0 Å². The fourth-order valence-electron chi connectivity index (χ4n) is 2.59. The maximum Gasteiger partial charge on any atom is 0.0525 e. The third-order valence-corrected chi connectivity index (χ3v) is 3.95. The van der Waals surface area contributed by atoms with E-state index in [1.165, 1.54) is 21.9 Å². The van der Waals surface area contributed by atoms with Gasteiger partial charge < -0.3 is 5.11 Å². The molecule has 0 saturated carbocycles. The zero-order chi connectivity index (χ0) is 14.7. The number of fused-ring (bicyclic) bond motifs is 1. The largest absolute Gasteiger partial charge is 0.396 e. The molecule has 0 fully saturated rings. The molecule has 3 aromatic rings. The van der Waals surface area contributed by atoms with Gasteiger partial charge in [0.1, 0.15) is 0 Å². The van der Waals surface area contributed by atoms with Crippen LogP contribution in [0.25, 0.3) is 10.8 Å². The van der Waals surface area contributed by atoms with Gasteiger partial charge in [-0.3, -0.25) is 4.98 Å². The van der Waals surface area contributed by atoms with Crippen molar-refractivity contribution in [3.05, 3.63) is 77.6 Å². The van der Waals surface area contributed by atoms with Crippen molar-refractivity contribution < 1.29 is 5.11 Å². The van der Waals surface area contributed by atoms with Crippen molar-refractivity contribution in [1.82, 2.24) is 4.98 Å². The van der Waals surface area contributed by atoms with Crippen molar-refractivity contribution in [1.29, 1.82) is 0 Å². The minimum absolute atomic E-state index is 0.185. The molecule has 1 heterocycles. The number of hydrogen-bond donors (Lipinski definition) is 1. The number of benzene rings is 2. The summed E-state index contributed by atoms with van der Waals surface area (Å²) >= 11 is 0. The lowest BCUT2D eigenvalue weighted by atomic mass is 9.98. The molecule has 106 valence electrons. The van der Waals surface area contributed by atoms with Crippen molar-refractivity contribution >= 4 is 10.8 Å². The molecule has 0 aliphatic heterocycles. The molecule has 2 heteroatoms. The van der Waals surface area contributed by atoms with Crippen LogP contribution in [-0.4, -0.2) is 16.7 Å². The predicted octanol–water partition coefficient (Wildman–Crippen LogP) is 3.92. The molecule has 21 heavy (non-hydrogen) atoms. The van der Waals surface area contributed by atoms with Crippen LogP contribution in [0, 0.1) is 0 Å². The highest BCUT2D eigenvalue weighted by atomic mass is 16.3. The van der Waals surface area contributed by atoms with Gasteiger partial charge in [0, 0.05) is 30.5 Å². The van der Waals surface area contributed by atoms with Gasteiger partial charge in [-0.1, -0.05) is 55.5 Å². The third-order valence-electron chi connectivity index (χ3n) is 3.95. The molecular weight excluding hydrogens is 258 g/mol. The van der Waals surface area contributed by atoms with Crippen molar-refractivity contribution in [2.75, 3.05) is 6.61 Å². The van der Waals surface area contributed by atoms with E-state index in [-0.39, 0.29) is 12.5 Å². The fraction of sp³-hybridized carbons (Fsp3) is 0.211. The van der Waals surface area contributed by atoms with E-state index in [2.05, 4.69) is 53.5 Å². The van der Waals surface area contributed by atoms with E-state index < -0.39 is 0 Å². The Labute approximate surface area is 125 Å². The molecule has 1 N–H and O–H groups in total. The topological polar surface area (TPSA) is 33.1 Å². The Morgan fingerprint density at radius 3 is 2.52 bits per heavy atom. The van der Waals surface area contributed by atoms with Crippen LogP contribution in [0.15, 0.2) is 60.8 Å². The lowest BCUT2D eigenvalue weighted by Crippen LogP contribution is -1.99. The van der Waals surface area contributed by atoms with Gasteiger partial charge in [0.05, 0.1) is 5.69 Å². The van der Waals surface area contributed by atoms with Gasteiger partial charge in [-0.05, 0) is 22.6 Å². The number of aliphatic hydroxyl groups excluding tert-OH is 1. The van der Waals surface area contributed by atoms with Crippen molar-refractivity contribution in [3.63, 3.8) is 0 Å². The summed E-state index contributed by atoms with van der Waals surface area (Å²) in [7, 11) is 0. The van der Waals surface area contributed by atoms with Gasteiger partial charge in [0.2, 0.25) is 0 Å². The monoisotopic (exact) mass is 277 g/mol. The summed E-state index contributed by atoms with van der Waals surface area (Å²) in [6, 6.07) is 18.9. The van der Waals surface area contributed by atoms with E-state index in [1.54, 1.807) is 0 Å². The summed E-state index contributed by atoms with van der Waals surface area (Å²) < 4.78 is 0. The molecule has 1 aromatic heterocycles. The number of rotatable bonds is 4. The second kappa shape index (κ2) is 6.06. The molecule has 0 radical (unpaired) electrons. The van der Waals surface area contributed by atoms with Crippen molar-refractivity contribution in [3.8, 4) is 0 Å². The van der Waals surface area contributed by atoms with Gasteiger partial charge >= 0.3 is 0 Å². The SMILES string of the molecule is CC(CO)c1ccc(Cc2nccc3ccccc23)cc1. The Morgan fingerprint density at radius 1 is 1.00 bits per heavy atom. The molecule has 0 amide bonds. The smallest absolute Gasteiger partial charge is 0.0525 e. The lowest BCUT2D eigenvalue weighted by Gasteiger charge is -2.10. The highest BCUT2D eigenvalue weighted by Crippen LogP contribution is 2.21. The van der Waals surface area contributed by atoms with Crippen molar-refractivity contribution in [2.45, 2.75) is 19.3 Å². The van der Waals surface area contributed by atoms with Gasteiger partial charge in [-0.2, -0.15) is 0 Å². The van der Waals surface area contributed by atoms with Crippen molar-refractivity contribution in [2.24, 2.45) is 0 Å². The first-order valence-electron chi connectivity index (χ1n) is 7.30. The number of aliphatic hydroxyl groups is 1. The second-order valence-electron chi connectivity index (χ2n) is 5.48. The van der Waals surface area contributed by atoms with E-state index in [0.717, 1.165) is 12.1 Å². The van der Waals surface area contributed by atoms with E-state index in [1.807, 2.05) is 19.2 Å². The van der Waals surface area contributed by atoms with Crippen LogP contribution < -0.4 is 0 Å². The zero-order valence-corrected chi connectivity index (χ0v) is 12.2. The fourth-order valence-corrected chi connectivity index (χ4v) is 2.59. The summed E-state index contributed by atoms with van der Waals surface area (Å²) in [6.07, 6.45) is 2.70. The molecule has 2 nitrogen and oxygen atoms in total. The summed E-state index contributed by atoms with van der Waals surface area (Å²) in [5, 5.41) is 11.6. The average molecular weight is 277 g/mol. The zero-order valence-electron chi connectivity index (χ0n) is 12.2. The molecule has 0 bridgehead atoms. The number of aromatic nitrogens is 1. The van der Waals surface area contributed by atoms with Gasteiger partial charge in [-0.15, -0.1) is 0 Å². The standard InChI is InChI=1S/C19H19NO/c1-14(13-21)16-8-6-15(7-9-16)12-19-18-5-3-2-4-17(18)10-11-20-19/h2-11,14,21H,12-13H2,1H3. The van der Waals surface area contributed by atoms with Crippen LogP contribution in [0.2, 0.25) is 0 Å². The first-order chi connectivity index (χ1) is 10.3. The van der Waals surface area contributed by atoms with E-state index in [9.17, 15) is 5.11 Å². The molecule has 1 atom stereocenters. The van der Waals surface area contributed by atoms with E-state index >= 15 is 0 Å². The molecule has 0 spiro atoms. The number of nitrogens with zero attached hydrogens (tertiary/aromatic N) is 1. The maximum absolute atomic E-state index is 9.20. The highest BCUT2D eigenvalue weighted by molar-refractivity contribution is 5.84. The molecule has 1 unspecified atom stereocenters. The van der Waals surface area contributed by atoms with Crippen LogP contribution in [0.4, 0.5) is 0 Å². The molecule has 3 rings (SSSR count). The molecule has 0 aliphatic carbocycles. The molecule has 0 saturated heterocycles. The lowest BCUT2D eigenvalue weighted by molar-refractivity contribution is 0.273. The first kappa shape index (κ1) is 13.8. The van der Waals surface area contributed by atoms with Crippen LogP contribution >= 0.6 is 0 Å². The summed E-state index contributed by atoms with van der Waals surface area (Å²) in [5.74, 6) is 0.190. The minimum atomic E-state index is 0.185. The maximum atomic E-state index is 9.20. The minimum Gasteiger partial charge on any atom is -0.396 e.